The highest BCUT2D eigenvalue weighted by atomic mass is 35.5. The van der Waals surface area contributed by atoms with Gasteiger partial charge in [-0.3, -0.25) is 4.79 Å². The predicted octanol–water partition coefficient (Wildman–Crippen LogP) is 5.93. The van der Waals surface area contributed by atoms with Crippen molar-refractivity contribution in [3.05, 3.63) is 95.3 Å². The Hall–Kier alpha value is -3.09. The van der Waals surface area contributed by atoms with Gasteiger partial charge in [0.15, 0.2) is 0 Å². The average molecular weight is 422 g/mol. The van der Waals surface area contributed by atoms with Crippen LogP contribution in [-0.2, 0) is 5.75 Å². The van der Waals surface area contributed by atoms with Crippen molar-refractivity contribution in [2.75, 3.05) is 5.32 Å². The Morgan fingerprint density at radius 3 is 2.52 bits per heavy atom. The molecule has 0 fully saturated rings. The van der Waals surface area contributed by atoms with E-state index < -0.39 is 0 Å². The predicted molar refractivity (Wildman–Crippen MR) is 115 cm³/mol. The van der Waals surface area contributed by atoms with Crippen LogP contribution in [0.15, 0.2) is 88.2 Å². The third-order valence-corrected chi connectivity index (χ3v) is 5.28. The van der Waals surface area contributed by atoms with Crippen LogP contribution in [0.1, 0.15) is 16.2 Å². The van der Waals surface area contributed by atoms with Gasteiger partial charge >= 0.3 is 0 Å². The molecule has 0 spiro atoms. The van der Waals surface area contributed by atoms with Crippen LogP contribution in [0.3, 0.4) is 0 Å². The molecule has 0 atom stereocenters. The summed E-state index contributed by atoms with van der Waals surface area (Å²) < 4.78 is 5.72. The molecule has 0 radical (unpaired) electrons. The summed E-state index contributed by atoms with van der Waals surface area (Å²) in [4.78, 5) is 13.3. The van der Waals surface area contributed by atoms with E-state index in [4.69, 9.17) is 16.0 Å². The molecule has 0 unspecified atom stereocenters. The molecule has 0 aliphatic carbocycles. The van der Waals surface area contributed by atoms with E-state index in [1.165, 1.54) is 0 Å². The topological polar surface area (TPSA) is 68.0 Å². The lowest BCUT2D eigenvalue weighted by Gasteiger charge is -2.06. The molecule has 1 amide bonds. The number of aromatic nitrogens is 2. The van der Waals surface area contributed by atoms with Gasteiger partial charge in [0.05, 0.1) is 5.75 Å². The van der Waals surface area contributed by atoms with E-state index in [1.54, 1.807) is 36.0 Å². The number of rotatable bonds is 6. The standard InChI is InChI=1S/C22H16ClN3O2S/c23-17-8-4-7-16(13-17)21(27)24-18-9-11-19(12-10-18)29-14-20-25-26-22(28-20)15-5-2-1-3-6-15/h1-13H,14H2,(H,24,27). The first-order chi connectivity index (χ1) is 14.2. The Labute approximate surface area is 177 Å². The molecule has 0 bridgehead atoms. The van der Waals surface area contributed by atoms with E-state index in [0.29, 0.717) is 33.8 Å². The zero-order chi connectivity index (χ0) is 20.1. The zero-order valence-corrected chi connectivity index (χ0v) is 16.8. The molecular formula is C22H16ClN3O2S. The fourth-order valence-corrected chi connectivity index (χ4v) is 3.55. The molecule has 0 aliphatic heterocycles. The summed E-state index contributed by atoms with van der Waals surface area (Å²) in [6.45, 7) is 0. The fourth-order valence-electron chi connectivity index (χ4n) is 2.62. The van der Waals surface area contributed by atoms with Gasteiger partial charge in [0, 0.05) is 26.7 Å². The van der Waals surface area contributed by atoms with Crippen LogP contribution < -0.4 is 5.32 Å². The summed E-state index contributed by atoms with van der Waals surface area (Å²) >= 11 is 7.52. The summed E-state index contributed by atoms with van der Waals surface area (Å²) in [5, 5.41) is 11.6. The van der Waals surface area contributed by atoms with Gasteiger partial charge in [0.25, 0.3) is 5.91 Å². The van der Waals surface area contributed by atoms with E-state index >= 15 is 0 Å². The second-order valence-electron chi connectivity index (χ2n) is 6.14. The molecule has 1 N–H and O–H groups in total. The van der Waals surface area contributed by atoms with Gasteiger partial charge in [-0.1, -0.05) is 35.9 Å². The number of hydrogen-bond donors (Lipinski definition) is 1. The van der Waals surface area contributed by atoms with Crippen LogP contribution in [-0.4, -0.2) is 16.1 Å². The highest BCUT2D eigenvalue weighted by molar-refractivity contribution is 7.98. The third kappa shape index (κ3) is 5.04. The Morgan fingerprint density at radius 1 is 0.966 bits per heavy atom. The summed E-state index contributed by atoms with van der Waals surface area (Å²) in [6.07, 6.45) is 0. The van der Waals surface area contributed by atoms with Crippen molar-refractivity contribution < 1.29 is 9.21 Å². The number of benzene rings is 3. The largest absolute Gasteiger partial charge is 0.420 e. The van der Waals surface area contributed by atoms with Crippen LogP contribution in [0.4, 0.5) is 5.69 Å². The summed E-state index contributed by atoms with van der Waals surface area (Å²) in [5.74, 6) is 1.44. The SMILES string of the molecule is O=C(Nc1ccc(SCc2nnc(-c3ccccc3)o2)cc1)c1cccc(Cl)c1. The molecule has 29 heavy (non-hydrogen) atoms. The molecule has 3 aromatic carbocycles. The molecule has 7 heteroatoms. The number of carbonyl (C=O) groups is 1. The van der Waals surface area contributed by atoms with Gasteiger partial charge in [-0.2, -0.15) is 0 Å². The second kappa shape index (κ2) is 8.94. The zero-order valence-electron chi connectivity index (χ0n) is 15.2. The van der Waals surface area contributed by atoms with Crippen LogP contribution >= 0.6 is 23.4 Å². The van der Waals surface area contributed by atoms with E-state index in [2.05, 4.69) is 15.5 Å². The van der Waals surface area contributed by atoms with Crippen LogP contribution in [0.2, 0.25) is 5.02 Å². The number of nitrogens with one attached hydrogen (secondary N) is 1. The van der Waals surface area contributed by atoms with Crippen LogP contribution in [0.5, 0.6) is 0 Å². The quantitative estimate of drug-likeness (QED) is 0.390. The van der Waals surface area contributed by atoms with E-state index in [0.717, 1.165) is 10.5 Å². The van der Waals surface area contributed by atoms with Crippen molar-refractivity contribution in [1.29, 1.82) is 0 Å². The Kier molecular flexibility index (Phi) is 5.93. The maximum Gasteiger partial charge on any atom is 0.255 e. The van der Waals surface area contributed by atoms with E-state index in [-0.39, 0.29) is 5.91 Å². The van der Waals surface area contributed by atoms with Gasteiger partial charge in [0.1, 0.15) is 0 Å². The number of thioether (sulfide) groups is 1. The number of nitrogens with zero attached hydrogens (tertiary/aromatic N) is 2. The van der Waals surface area contributed by atoms with Crippen LogP contribution in [0, 0.1) is 0 Å². The second-order valence-corrected chi connectivity index (χ2v) is 7.63. The molecule has 0 aliphatic rings. The molecule has 0 saturated heterocycles. The van der Waals surface area contributed by atoms with Crippen molar-refractivity contribution in [3.8, 4) is 11.5 Å². The van der Waals surface area contributed by atoms with Crippen molar-refractivity contribution in [3.63, 3.8) is 0 Å². The summed E-state index contributed by atoms with van der Waals surface area (Å²) in [5.41, 5.74) is 2.13. The Balaban J connectivity index is 1.34. The molecule has 5 nitrogen and oxygen atoms in total. The van der Waals surface area contributed by atoms with Gasteiger partial charge in [0.2, 0.25) is 11.8 Å². The Morgan fingerprint density at radius 2 is 1.76 bits per heavy atom. The minimum Gasteiger partial charge on any atom is -0.420 e. The normalized spacial score (nSPS) is 10.7. The molecule has 1 heterocycles. The lowest BCUT2D eigenvalue weighted by atomic mass is 10.2. The minimum atomic E-state index is -0.202. The first-order valence-corrected chi connectivity index (χ1v) is 10.2. The summed E-state index contributed by atoms with van der Waals surface area (Å²) in [6, 6.07) is 24.1. The van der Waals surface area contributed by atoms with Gasteiger partial charge in [-0.25, -0.2) is 0 Å². The number of amides is 1. The monoisotopic (exact) mass is 421 g/mol. The highest BCUT2D eigenvalue weighted by Gasteiger charge is 2.09. The smallest absolute Gasteiger partial charge is 0.255 e. The molecule has 4 rings (SSSR count). The highest BCUT2D eigenvalue weighted by Crippen LogP contribution is 2.26. The lowest BCUT2D eigenvalue weighted by Crippen LogP contribution is -2.11. The average Bonchev–Trinajstić information content (AvgIpc) is 3.23. The summed E-state index contributed by atoms with van der Waals surface area (Å²) in [7, 11) is 0. The first kappa shape index (κ1) is 19.2. The van der Waals surface area contributed by atoms with Crippen molar-refractivity contribution in [2.45, 2.75) is 10.6 Å². The molecule has 4 aromatic rings. The number of hydrogen-bond acceptors (Lipinski definition) is 5. The van der Waals surface area contributed by atoms with Crippen molar-refractivity contribution in [1.82, 2.24) is 10.2 Å². The number of anilines is 1. The molecule has 0 saturated carbocycles. The van der Waals surface area contributed by atoms with E-state index in [1.807, 2.05) is 54.6 Å². The first-order valence-electron chi connectivity index (χ1n) is 8.85. The molecule has 1 aromatic heterocycles. The maximum absolute atomic E-state index is 12.3. The van der Waals surface area contributed by atoms with Gasteiger partial charge in [-0.15, -0.1) is 22.0 Å². The fraction of sp³-hybridized carbons (Fsp3) is 0.0455. The van der Waals surface area contributed by atoms with Crippen molar-refractivity contribution in [2.24, 2.45) is 0 Å². The lowest BCUT2D eigenvalue weighted by molar-refractivity contribution is 0.102. The maximum atomic E-state index is 12.3. The number of halogens is 1. The van der Waals surface area contributed by atoms with Gasteiger partial charge < -0.3 is 9.73 Å². The van der Waals surface area contributed by atoms with Crippen LogP contribution in [0.25, 0.3) is 11.5 Å². The van der Waals surface area contributed by atoms with Gasteiger partial charge in [-0.05, 0) is 54.6 Å². The Bertz CT molecular complexity index is 1110. The van der Waals surface area contributed by atoms with Crippen molar-refractivity contribution >= 4 is 35.0 Å². The third-order valence-electron chi connectivity index (χ3n) is 4.05. The van der Waals surface area contributed by atoms with E-state index in [9.17, 15) is 4.79 Å². The number of carbonyl (C=O) groups excluding carboxylic acids is 1. The molecular weight excluding hydrogens is 406 g/mol. The minimum absolute atomic E-state index is 0.202. The molecule has 144 valence electrons.